The highest BCUT2D eigenvalue weighted by Crippen LogP contribution is 2.26. The lowest BCUT2D eigenvalue weighted by Gasteiger charge is -2.26. The van der Waals surface area contributed by atoms with Crippen molar-refractivity contribution in [1.82, 2.24) is 5.32 Å². The van der Waals surface area contributed by atoms with Gasteiger partial charge >= 0.3 is 0 Å². The summed E-state index contributed by atoms with van der Waals surface area (Å²) in [6.07, 6.45) is 5.87. The lowest BCUT2D eigenvalue weighted by Crippen LogP contribution is -2.42. The molecule has 1 amide bonds. The summed E-state index contributed by atoms with van der Waals surface area (Å²) < 4.78 is 33.0. The summed E-state index contributed by atoms with van der Waals surface area (Å²) in [6, 6.07) is 13.3. The molecule has 30 heavy (non-hydrogen) atoms. The van der Waals surface area contributed by atoms with Gasteiger partial charge in [-0.1, -0.05) is 37.0 Å². The molecule has 0 bridgehead atoms. The van der Waals surface area contributed by atoms with E-state index in [9.17, 15) is 13.2 Å². The number of carbonyl (C=O) groups excluding carboxylic acids is 1. The number of sulfonamides is 1. The van der Waals surface area contributed by atoms with Gasteiger partial charge in [0.1, 0.15) is 12.3 Å². The van der Waals surface area contributed by atoms with Gasteiger partial charge in [-0.25, -0.2) is 8.42 Å². The van der Waals surface area contributed by atoms with E-state index >= 15 is 0 Å². The zero-order chi connectivity index (χ0) is 21.6. The van der Waals surface area contributed by atoms with Crippen molar-refractivity contribution in [2.75, 3.05) is 24.5 Å². The molecule has 1 saturated carbocycles. The monoisotopic (exact) mass is 430 g/mol. The Hall–Kier alpha value is -2.54. The van der Waals surface area contributed by atoms with Gasteiger partial charge in [0.25, 0.3) is 10.0 Å². The van der Waals surface area contributed by atoms with Crippen LogP contribution in [0.4, 0.5) is 5.69 Å². The van der Waals surface area contributed by atoms with E-state index in [1.54, 1.807) is 55.6 Å². The average molecular weight is 431 g/mol. The molecule has 0 spiro atoms. The highest BCUT2D eigenvalue weighted by atomic mass is 32.2. The zero-order valence-electron chi connectivity index (χ0n) is 17.6. The van der Waals surface area contributed by atoms with Crippen LogP contribution < -0.4 is 14.4 Å². The van der Waals surface area contributed by atoms with Gasteiger partial charge in [-0.3, -0.25) is 9.10 Å². The summed E-state index contributed by atoms with van der Waals surface area (Å²) in [7, 11) is -2.35. The van der Waals surface area contributed by atoms with Crippen LogP contribution in [-0.2, 0) is 14.8 Å². The molecule has 0 saturated heterocycles. The Kier molecular flexibility index (Phi) is 7.37. The Labute approximate surface area is 179 Å². The summed E-state index contributed by atoms with van der Waals surface area (Å²) in [6.45, 7) is 2.23. The number of nitrogens with zero attached hydrogens (tertiary/aromatic N) is 1. The first-order valence-electron chi connectivity index (χ1n) is 10.4. The van der Waals surface area contributed by atoms with Crippen LogP contribution in [0.25, 0.3) is 0 Å². The van der Waals surface area contributed by atoms with Crippen LogP contribution in [0.5, 0.6) is 5.75 Å². The maximum absolute atomic E-state index is 13.4. The summed E-state index contributed by atoms with van der Waals surface area (Å²) in [5, 5.41) is 2.94. The van der Waals surface area contributed by atoms with Crippen LogP contribution in [0, 0.1) is 12.8 Å². The zero-order valence-corrected chi connectivity index (χ0v) is 18.5. The van der Waals surface area contributed by atoms with Gasteiger partial charge < -0.3 is 10.1 Å². The molecule has 0 unspecified atom stereocenters. The Morgan fingerprint density at radius 2 is 1.67 bits per heavy atom. The molecule has 2 aromatic carbocycles. The minimum absolute atomic E-state index is 0.156. The molecular formula is C23H30N2O4S. The third-order valence-electron chi connectivity index (χ3n) is 5.57. The largest absolute Gasteiger partial charge is 0.497 e. The standard InChI is InChI=1S/C23H30N2O4S/c1-18-8-14-22(15-9-18)30(27,28)25(20-10-12-21(29-2)13-11-20)17-23(26)24-16-19-6-4-3-5-7-19/h8-15,19H,3-7,16-17H2,1-2H3,(H,24,26). The molecule has 162 valence electrons. The highest BCUT2D eigenvalue weighted by molar-refractivity contribution is 7.92. The van der Waals surface area contributed by atoms with E-state index in [2.05, 4.69) is 5.32 Å². The Morgan fingerprint density at radius 1 is 1.03 bits per heavy atom. The third kappa shape index (κ3) is 5.53. The normalized spacial score (nSPS) is 14.9. The Balaban J connectivity index is 1.81. The molecule has 1 aliphatic carbocycles. The molecule has 0 heterocycles. The second kappa shape index (κ2) is 9.98. The van der Waals surface area contributed by atoms with Crippen LogP contribution in [0.2, 0.25) is 0 Å². The van der Waals surface area contributed by atoms with E-state index in [1.807, 2.05) is 6.92 Å². The lowest BCUT2D eigenvalue weighted by molar-refractivity contribution is -0.119. The number of methoxy groups -OCH3 is 1. The maximum atomic E-state index is 13.4. The summed E-state index contributed by atoms with van der Waals surface area (Å²) >= 11 is 0. The van der Waals surface area contributed by atoms with Gasteiger partial charge in [-0.2, -0.15) is 0 Å². The van der Waals surface area contributed by atoms with Crippen molar-refractivity contribution in [3.8, 4) is 5.75 Å². The topological polar surface area (TPSA) is 75.7 Å². The van der Waals surface area contributed by atoms with Crippen molar-refractivity contribution in [3.63, 3.8) is 0 Å². The molecule has 0 radical (unpaired) electrons. The van der Waals surface area contributed by atoms with Gasteiger partial charge in [-0.15, -0.1) is 0 Å². The number of rotatable bonds is 8. The number of hydrogen-bond acceptors (Lipinski definition) is 4. The minimum atomic E-state index is -3.90. The third-order valence-corrected chi connectivity index (χ3v) is 7.36. The van der Waals surface area contributed by atoms with E-state index in [0.29, 0.717) is 23.9 Å². The maximum Gasteiger partial charge on any atom is 0.264 e. The van der Waals surface area contributed by atoms with Crippen LogP contribution in [0.1, 0.15) is 37.7 Å². The van der Waals surface area contributed by atoms with E-state index < -0.39 is 10.0 Å². The van der Waals surface area contributed by atoms with Crippen molar-refractivity contribution >= 4 is 21.6 Å². The van der Waals surface area contributed by atoms with Gasteiger partial charge in [0.2, 0.25) is 5.91 Å². The summed E-state index contributed by atoms with van der Waals surface area (Å²) in [4.78, 5) is 12.8. The SMILES string of the molecule is COc1ccc(N(CC(=O)NCC2CCCCC2)S(=O)(=O)c2ccc(C)cc2)cc1. The molecule has 1 aliphatic rings. The van der Waals surface area contributed by atoms with Crippen molar-refractivity contribution in [2.24, 2.45) is 5.92 Å². The van der Waals surface area contributed by atoms with Crippen molar-refractivity contribution in [3.05, 3.63) is 54.1 Å². The number of amides is 1. The first-order chi connectivity index (χ1) is 14.4. The second-order valence-corrected chi connectivity index (χ2v) is 9.69. The highest BCUT2D eigenvalue weighted by Gasteiger charge is 2.27. The fourth-order valence-electron chi connectivity index (χ4n) is 3.74. The Morgan fingerprint density at radius 3 is 2.27 bits per heavy atom. The Bertz CT molecular complexity index is 934. The molecule has 0 atom stereocenters. The lowest BCUT2D eigenvalue weighted by atomic mass is 9.89. The summed E-state index contributed by atoms with van der Waals surface area (Å²) in [5.74, 6) is 0.797. The first kappa shape index (κ1) is 22.2. The molecule has 7 heteroatoms. The number of hydrogen-bond donors (Lipinski definition) is 1. The first-order valence-corrected chi connectivity index (χ1v) is 11.8. The molecule has 2 aromatic rings. The van der Waals surface area contributed by atoms with Crippen LogP contribution in [0.15, 0.2) is 53.4 Å². The van der Waals surface area contributed by atoms with Crippen LogP contribution in [0.3, 0.4) is 0 Å². The van der Waals surface area contributed by atoms with E-state index in [1.165, 1.54) is 19.3 Å². The summed E-state index contributed by atoms with van der Waals surface area (Å²) in [5.41, 5.74) is 1.39. The number of ether oxygens (including phenoxy) is 1. The van der Waals surface area contributed by atoms with E-state index in [0.717, 1.165) is 22.7 Å². The number of aryl methyl sites for hydroxylation is 1. The molecule has 0 aromatic heterocycles. The molecule has 6 nitrogen and oxygen atoms in total. The minimum Gasteiger partial charge on any atom is -0.497 e. The average Bonchev–Trinajstić information content (AvgIpc) is 2.77. The van der Waals surface area contributed by atoms with Gasteiger partial charge in [0.15, 0.2) is 0 Å². The molecule has 0 aliphatic heterocycles. The number of benzene rings is 2. The van der Waals surface area contributed by atoms with Crippen molar-refractivity contribution < 1.29 is 17.9 Å². The van der Waals surface area contributed by atoms with E-state index in [-0.39, 0.29) is 17.3 Å². The second-order valence-electron chi connectivity index (χ2n) is 7.83. The predicted octanol–water partition coefficient (Wildman–Crippen LogP) is 3.90. The fourth-order valence-corrected chi connectivity index (χ4v) is 5.16. The molecular weight excluding hydrogens is 400 g/mol. The number of carbonyl (C=O) groups is 1. The molecule has 1 N–H and O–H groups in total. The van der Waals surface area contributed by atoms with Gasteiger partial charge in [0.05, 0.1) is 17.7 Å². The van der Waals surface area contributed by atoms with Crippen molar-refractivity contribution in [1.29, 1.82) is 0 Å². The van der Waals surface area contributed by atoms with Gasteiger partial charge in [0, 0.05) is 6.54 Å². The fraction of sp³-hybridized carbons (Fsp3) is 0.435. The smallest absolute Gasteiger partial charge is 0.264 e. The van der Waals surface area contributed by atoms with Crippen LogP contribution in [-0.4, -0.2) is 34.5 Å². The molecule has 1 fully saturated rings. The van der Waals surface area contributed by atoms with E-state index in [4.69, 9.17) is 4.74 Å². The van der Waals surface area contributed by atoms with Gasteiger partial charge in [-0.05, 0) is 62.1 Å². The number of nitrogens with one attached hydrogen (secondary N) is 1. The molecule has 3 rings (SSSR count). The van der Waals surface area contributed by atoms with Crippen LogP contribution >= 0.6 is 0 Å². The quantitative estimate of drug-likeness (QED) is 0.689. The van der Waals surface area contributed by atoms with Crippen molar-refractivity contribution in [2.45, 2.75) is 43.9 Å². The number of anilines is 1. The predicted molar refractivity (Wildman–Crippen MR) is 118 cm³/mol.